The highest BCUT2D eigenvalue weighted by Gasteiger charge is 2.04. The largest absolute Gasteiger partial charge is 0.298 e. The van der Waals surface area contributed by atoms with Gasteiger partial charge in [0.05, 0.1) is 5.02 Å². The van der Waals surface area contributed by atoms with Crippen LogP contribution in [-0.4, -0.2) is 6.29 Å². The van der Waals surface area contributed by atoms with Gasteiger partial charge in [0.1, 0.15) is 0 Å². The number of carbonyl (C=O) groups excluding carboxylic acids is 1. The van der Waals surface area contributed by atoms with E-state index >= 15 is 0 Å². The summed E-state index contributed by atoms with van der Waals surface area (Å²) in [6, 6.07) is 13.6. The van der Waals surface area contributed by atoms with Crippen molar-refractivity contribution >= 4 is 17.9 Å². The molecule has 0 saturated heterocycles. The van der Waals surface area contributed by atoms with Crippen LogP contribution in [0.4, 0.5) is 0 Å². The van der Waals surface area contributed by atoms with Gasteiger partial charge in [-0.1, -0.05) is 41.9 Å². The van der Waals surface area contributed by atoms with E-state index in [-0.39, 0.29) is 0 Å². The minimum absolute atomic E-state index is 0.493. The second-order valence-electron chi connectivity index (χ2n) is 3.67. The van der Waals surface area contributed by atoms with Crippen LogP contribution in [0, 0.1) is 6.92 Å². The normalized spacial score (nSPS) is 10.1. The van der Waals surface area contributed by atoms with Gasteiger partial charge in [-0.3, -0.25) is 4.79 Å². The Bertz CT molecular complexity index is 532. The van der Waals surface area contributed by atoms with Gasteiger partial charge < -0.3 is 0 Å². The molecule has 0 aliphatic carbocycles. The van der Waals surface area contributed by atoms with E-state index < -0.39 is 0 Å². The van der Waals surface area contributed by atoms with Gasteiger partial charge in [-0.25, -0.2) is 0 Å². The fraction of sp³-hybridized carbons (Fsp3) is 0.0714. The molecule has 2 heteroatoms. The van der Waals surface area contributed by atoms with Crippen LogP contribution in [0.1, 0.15) is 15.9 Å². The molecule has 0 saturated carbocycles. The summed E-state index contributed by atoms with van der Waals surface area (Å²) in [6.45, 7) is 2.05. The number of hydrogen-bond acceptors (Lipinski definition) is 1. The first-order valence-corrected chi connectivity index (χ1v) is 5.41. The molecule has 0 unspecified atom stereocenters. The Labute approximate surface area is 99.7 Å². The minimum atomic E-state index is 0.493. The van der Waals surface area contributed by atoms with Crippen molar-refractivity contribution in [3.63, 3.8) is 0 Å². The Morgan fingerprint density at radius 1 is 1.12 bits per heavy atom. The molecule has 2 rings (SSSR count). The maximum Gasteiger partial charge on any atom is 0.151 e. The van der Waals surface area contributed by atoms with Gasteiger partial charge in [-0.2, -0.15) is 0 Å². The standard InChI is InChI=1S/C14H11ClO/c1-10-4-2-3-5-13(10)11-6-7-14(15)12(8-11)9-16/h2-9H,1H3. The lowest BCUT2D eigenvalue weighted by Crippen LogP contribution is -1.86. The molecule has 16 heavy (non-hydrogen) atoms. The van der Waals surface area contributed by atoms with Crippen LogP contribution in [0.3, 0.4) is 0 Å². The van der Waals surface area contributed by atoms with E-state index in [2.05, 4.69) is 0 Å². The summed E-state index contributed by atoms with van der Waals surface area (Å²) in [6.07, 6.45) is 0.782. The third-order valence-electron chi connectivity index (χ3n) is 2.58. The van der Waals surface area contributed by atoms with Crippen molar-refractivity contribution in [2.75, 3.05) is 0 Å². The van der Waals surface area contributed by atoms with Gasteiger partial charge in [0.15, 0.2) is 6.29 Å². The monoisotopic (exact) mass is 230 g/mol. The van der Waals surface area contributed by atoms with Crippen LogP contribution >= 0.6 is 11.6 Å². The van der Waals surface area contributed by atoms with Crippen LogP contribution in [-0.2, 0) is 0 Å². The SMILES string of the molecule is Cc1ccccc1-c1ccc(Cl)c(C=O)c1. The predicted molar refractivity (Wildman–Crippen MR) is 67.0 cm³/mol. The van der Waals surface area contributed by atoms with Crippen molar-refractivity contribution in [1.82, 2.24) is 0 Å². The number of aldehydes is 1. The van der Waals surface area contributed by atoms with E-state index in [1.807, 2.05) is 43.3 Å². The first kappa shape index (κ1) is 10.9. The summed E-state index contributed by atoms with van der Waals surface area (Å²) in [5.41, 5.74) is 3.86. The van der Waals surface area contributed by atoms with E-state index in [0.29, 0.717) is 10.6 Å². The Morgan fingerprint density at radius 2 is 1.88 bits per heavy atom. The lowest BCUT2D eigenvalue weighted by molar-refractivity contribution is 0.112. The number of carbonyl (C=O) groups is 1. The van der Waals surface area contributed by atoms with Crippen LogP contribution in [0.25, 0.3) is 11.1 Å². The van der Waals surface area contributed by atoms with E-state index in [1.54, 1.807) is 6.07 Å². The lowest BCUT2D eigenvalue weighted by atomic mass is 9.99. The molecule has 0 fully saturated rings. The predicted octanol–water partition coefficient (Wildman–Crippen LogP) is 4.13. The zero-order valence-corrected chi connectivity index (χ0v) is 9.66. The molecule has 0 aliphatic rings. The van der Waals surface area contributed by atoms with Gasteiger partial charge in [0.2, 0.25) is 0 Å². The Hall–Kier alpha value is -1.60. The molecular weight excluding hydrogens is 220 g/mol. The van der Waals surface area contributed by atoms with Crippen LogP contribution < -0.4 is 0 Å². The quantitative estimate of drug-likeness (QED) is 0.709. The smallest absolute Gasteiger partial charge is 0.151 e. The Balaban J connectivity index is 2.57. The molecule has 0 amide bonds. The minimum Gasteiger partial charge on any atom is -0.298 e. The molecule has 0 N–H and O–H groups in total. The number of halogens is 1. The molecule has 80 valence electrons. The average molecular weight is 231 g/mol. The van der Waals surface area contributed by atoms with Crippen molar-refractivity contribution < 1.29 is 4.79 Å². The molecule has 0 radical (unpaired) electrons. The van der Waals surface area contributed by atoms with E-state index in [1.165, 1.54) is 5.56 Å². The zero-order valence-electron chi connectivity index (χ0n) is 8.91. The second-order valence-corrected chi connectivity index (χ2v) is 4.08. The molecule has 0 spiro atoms. The van der Waals surface area contributed by atoms with Crippen molar-refractivity contribution in [2.45, 2.75) is 6.92 Å². The van der Waals surface area contributed by atoms with E-state index in [4.69, 9.17) is 11.6 Å². The highest BCUT2D eigenvalue weighted by Crippen LogP contribution is 2.26. The maximum atomic E-state index is 10.8. The molecule has 0 bridgehead atoms. The highest BCUT2D eigenvalue weighted by atomic mass is 35.5. The van der Waals surface area contributed by atoms with Crippen molar-refractivity contribution in [2.24, 2.45) is 0 Å². The molecule has 2 aromatic carbocycles. The van der Waals surface area contributed by atoms with E-state index in [9.17, 15) is 4.79 Å². The molecule has 0 aliphatic heterocycles. The van der Waals surface area contributed by atoms with Gasteiger partial charge >= 0.3 is 0 Å². The van der Waals surface area contributed by atoms with E-state index in [0.717, 1.165) is 17.4 Å². The molecular formula is C14H11ClO. The summed E-state index contributed by atoms with van der Waals surface area (Å²) in [4.78, 5) is 10.8. The number of aryl methyl sites for hydroxylation is 1. The van der Waals surface area contributed by atoms with Crippen molar-refractivity contribution in [1.29, 1.82) is 0 Å². The van der Waals surface area contributed by atoms with Gasteiger partial charge in [0.25, 0.3) is 0 Å². The molecule has 0 heterocycles. The first-order chi connectivity index (χ1) is 7.72. The highest BCUT2D eigenvalue weighted by molar-refractivity contribution is 6.33. The number of benzene rings is 2. The molecule has 0 atom stereocenters. The Morgan fingerprint density at radius 3 is 2.56 bits per heavy atom. The molecule has 1 nitrogen and oxygen atoms in total. The van der Waals surface area contributed by atoms with Gasteiger partial charge in [0, 0.05) is 5.56 Å². The van der Waals surface area contributed by atoms with Gasteiger partial charge in [-0.15, -0.1) is 0 Å². The topological polar surface area (TPSA) is 17.1 Å². The molecule has 2 aromatic rings. The third-order valence-corrected chi connectivity index (χ3v) is 2.92. The maximum absolute atomic E-state index is 10.8. The molecule has 0 aromatic heterocycles. The fourth-order valence-electron chi connectivity index (χ4n) is 1.70. The zero-order chi connectivity index (χ0) is 11.5. The van der Waals surface area contributed by atoms with Crippen LogP contribution in [0.15, 0.2) is 42.5 Å². The number of hydrogen-bond donors (Lipinski definition) is 0. The average Bonchev–Trinajstić information content (AvgIpc) is 2.31. The van der Waals surface area contributed by atoms with Gasteiger partial charge in [-0.05, 0) is 35.7 Å². The Kier molecular flexibility index (Phi) is 3.07. The number of rotatable bonds is 2. The summed E-state index contributed by atoms with van der Waals surface area (Å²) < 4.78 is 0. The summed E-state index contributed by atoms with van der Waals surface area (Å²) in [5.74, 6) is 0. The van der Waals surface area contributed by atoms with Crippen molar-refractivity contribution in [3.05, 3.63) is 58.6 Å². The lowest BCUT2D eigenvalue weighted by Gasteiger charge is -2.06. The first-order valence-electron chi connectivity index (χ1n) is 5.03. The third kappa shape index (κ3) is 2.00. The van der Waals surface area contributed by atoms with Crippen LogP contribution in [0.5, 0.6) is 0 Å². The summed E-state index contributed by atoms with van der Waals surface area (Å²) in [7, 11) is 0. The van der Waals surface area contributed by atoms with Crippen LogP contribution in [0.2, 0.25) is 5.02 Å². The second kappa shape index (κ2) is 4.50. The summed E-state index contributed by atoms with van der Waals surface area (Å²) >= 11 is 5.89. The van der Waals surface area contributed by atoms with Crippen molar-refractivity contribution in [3.8, 4) is 11.1 Å². The fourth-order valence-corrected chi connectivity index (χ4v) is 1.86. The summed E-state index contributed by atoms with van der Waals surface area (Å²) in [5, 5.41) is 0.493.